The van der Waals surface area contributed by atoms with Crippen LogP contribution in [0.4, 0.5) is 11.4 Å². The van der Waals surface area contributed by atoms with E-state index in [1.54, 1.807) is 0 Å². The molecule has 8 heteroatoms. The van der Waals surface area contributed by atoms with Gasteiger partial charge in [0, 0.05) is 34.1 Å². The summed E-state index contributed by atoms with van der Waals surface area (Å²) in [5, 5.41) is 10.9. The van der Waals surface area contributed by atoms with Crippen LogP contribution in [0.5, 0.6) is 0 Å². The lowest BCUT2D eigenvalue weighted by Crippen LogP contribution is -2.25. The van der Waals surface area contributed by atoms with Crippen LogP contribution in [0, 0.1) is 9.81 Å². The summed E-state index contributed by atoms with van der Waals surface area (Å²) < 4.78 is 1.03. The molecule has 0 aliphatic carbocycles. The van der Waals surface area contributed by atoms with Crippen LogP contribution in [0.25, 0.3) is 0 Å². The number of nitroso groups, excluding NO2 is 2. The summed E-state index contributed by atoms with van der Waals surface area (Å²) in [5.74, 6) is -1.50. The van der Waals surface area contributed by atoms with E-state index in [2.05, 4.69) is 5.32 Å². The Balaban J connectivity index is 2.12. The second-order valence-electron chi connectivity index (χ2n) is 4.00. The molecule has 2 rings (SSSR count). The molecule has 1 aromatic carbocycles. The highest BCUT2D eigenvalue weighted by molar-refractivity contribution is 5.95. The van der Waals surface area contributed by atoms with E-state index in [0.717, 1.165) is 0 Å². The molecule has 0 fully saturated rings. The molecule has 1 amide bonds. The van der Waals surface area contributed by atoms with Gasteiger partial charge in [0.25, 0.3) is 5.91 Å². The maximum Gasteiger partial charge on any atom is 0.436 e. The SMILES string of the molecule is O=C(O)CCNC(=O)c1ccc2c(c1)[N+](=O)C[N+]2=O. The maximum atomic E-state index is 11.7. The van der Waals surface area contributed by atoms with Crippen molar-refractivity contribution in [3.8, 4) is 0 Å². The number of nitrogens with one attached hydrogen (secondary N) is 1. The summed E-state index contributed by atoms with van der Waals surface area (Å²) in [6.45, 7) is -0.320. The Morgan fingerprint density at radius 3 is 2.58 bits per heavy atom. The zero-order chi connectivity index (χ0) is 14.0. The van der Waals surface area contributed by atoms with Gasteiger partial charge >= 0.3 is 24.0 Å². The lowest BCUT2D eigenvalue weighted by atomic mass is 10.1. The Hall–Kier alpha value is -2.64. The summed E-state index contributed by atoms with van der Waals surface area (Å²) in [6.07, 6.45) is -0.182. The fraction of sp³-hybridized carbons (Fsp3) is 0.273. The Kier molecular flexibility index (Phi) is 3.32. The molecule has 19 heavy (non-hydrogen) atoms. The average molecular weight is 265 g/mol. The number of carboxylic acid groups (broad SMARTS) is 1. The van der Waals surface area contributed by atoms with Crippen LogP contribution in [-0.2, 0) is 4.79 Å². The van der Waals surface area contributed by atoms with Crippen LogP contribution in [0.15, 0.2) is 18.2 Å². The van der Waals surface area contributed by atoms with Crippen LogP contribution in [0.3, 0.4) is 0 Å². The van der Waals surface area contributed by atoms with Crippen molar-refractivity contribution in [2.24, 2.45) is 0 Å². The minimum atomic E-state index is -1.01. The number of hydrogen-bond donors (Lipinski definition) is 2. The Bertz CT molecular complexity index is 596. The van der Waals surface area contributed by atoms with E-state index in [4.69, 9.17) is 5.11 Å². The number of amides is 1. The van der Waals surface area contributed by atoms with E-state index in [9.17, 15) is 19.4 Å². The van der Waals surface area contributed by atoms with Gasteiger partial charge in [0.1, 0.15) is 9.52 Å². The first-order valence-corrected chi connectivity index (χ1v) is 5.52. The minimum absolute atomic E-state index is 0.0000211. The van der Waals surface area contributed by atoms with Gasteiger partial charge in [-0.15, -0.1) is 0 Å². The Morgan fingerprint density at radius 1 is 1.21 bits per heavy atom. The number of carbonyl (C=O) groups excluding carboxylic acids is 1. The van der Waals surface area contributed by atoms with Crippen molar-refractivity contribution in [3.05, 3.63) is 33.6 Å². The van der Waals surface area contributed by atoms with E-state index < -0.39 is 11.9 Å². The third kappa shape index (κ3) is 2.62. The Morgan fingerprint density at radius 2 is 1.89 bits per heavy atom. The number of rotatable bonds is 4. The Labute approximate surface area is 107 Å². The van der Waals surface area contributed by atoms with Gasteiger partial charge in [0.05, 0.1) is 6.42 Å². The third-order valence-electron chi connectivity index (χ3n) is 2.66. The van der Waals surface area contributed by atoms with Crippen molar-refractivity contribution in [2.75, 3.05) is 13.2 Å². The second-order valence-corrected chi connectivity index (χ2v) is 4.00. The van der Waals surface area contributed by atoms with Crippen LogP contribution >= 0.6 is 0 Å². The molecule has 1 aromatic rings. The lowest BCUT2D eigenvalue weighted by molar-refractivity contribution is -0.640. The molecule has 8 nitrogen and oxygen atoms in total. The normalized spacial score (nSPS) is 13.3. The predicted molar refractivity (Wildman–Crippen MR) is 62.5 cm³/mol. The summed E-state index contributed by atoms with van der Waals surface area (Å²) >= 11 is 0. The molecular weight excluding hydrogens is 254 g/mol. The van der Waals surface area contributed by atoms with Gasteiger partial charge in [0.15, 0.2) is 0 Å². The largest absolute Gasteiger partial charge is 0.481 e. The average Bonchev–Trinajstić information content (AvgIpc) is 2.64. The third-order valence-corrected chi connectivity index (χ3v) is 2.66. The zero-order valence-corrected chi connectivity index (χ0v) is 9.83. The van der Waals surface area contributed by atoms with E-state index in [1.165, 1.54) is 18.2 Å². The first-order chi connectivity index (χ1) is 8.99. The standard InChI is InChI=1S/C11H9N3O5/c15-10(16)3-4-12-11(17)7-1-2-8-9(5-7)14(19)6-13(8)18/h1-2,5H,3-4,6H2/p+2. The fourth-order valence-corrected chi connectivity index (χ4v) is 1.73. The van der Waals surface area contributed by atoms with Crippen LogP contribution in [0.2, 0.25) is 0 Å². The minimum Gasteiger partial charge on any atom is -0.481 e. The highest BCUT2D eigenvalue weighted by Gasteiger charge is 2.43. The molecule has 1 aliphatic rings. The quantitative estimate of drug-likeness (QED) is 0.778. The highest BCUT2D eigenvalue weighted by Crippen LogP contribution is 2.33. The molecule has 0 aromatic heterocycles. The van der Waals surface area contributed by atoms with E-state index >= 15 is 0 Å². The summed E-state index contributed by atoms with van der Waals surface area (Å²) in [5.41, 5.74) is 0.568. The van der Waals surface area contributed by atoms with E-state index in [1.807, 2.05) is 0 Å². The fourth-order valence-electron chi connectivity index (χ4n) is 1.73. The van der Waals surface area contributed by atoms with Crippen LogP contribution in [-0.4, -0.2) is 39.7 Å². The number of nitrogens with zero attached hydrogens (tertiary/aromatic N) is 2. The molecule has 98 valence electrons. The van der Waals surface area contributed by atoms with E-state index in [0.29, 0.717) is 9.52 Å². The predicted octanol–water partition coefficient (Wildman–Crippen LogP) is 0.683. The van der Waals surface area contributed by atoms with Crippen molar-refractivity contribution in [2.45, 2.75) is 6.42 Å². The van der Waals surface area contributed by atoms with Crippen molar-refractivity contribution in [1.29, 1.82) is 0 Å². The van der Waals surface area contributed by atoms with Crippen molar-refractivity contribution >= 4 is 23.3 Å². The van der Waals surface area contributed by atoms with Gasteiger partial charge in [0.2, 0.25) is 0 Å². The van der Waals surface area contributed by atoms with Gasteiger partial charge < -0.3 is 10.4 Å². The second kappa shape index (κ2) is 4.92. The smallest absolute Gasteiger partial charge is 0.436 e. The molecule has 2 N–H and O–H groups in total. The van der Waals surface area contributed by atoms with Gasteiger partial charge in [-0.25, -0.2) is 0 Å². The molecule has 1 heterocycles. The van der Waals surface area contributed by atoms with Crippen LogP contribution in [0.1, 0.15) is 16.8 Å². The molecule has 1 aliphatic heterocycles. The molecule has 0 saturated carbocycles. The molecule has 0 atom stereocenters. The first-order valence-electron chi connectivity index (χ1n) is 5.52. The van der Waals surface area contributed by atoms with Crippen molar-refractivity contribution in [1.82, 2.24) is 5.32 Å². The van der Waals surface area contributed by atoms with Gasteiger partial charge in [-0.3, -0.25) is 9.59 Å². The van der Waals surface area contributed by atoms with Crippen LogP contribution < -0.4 is 5.32 Å². The topological polar surface area (TPSA) is 107 Å². The van der Waals surface area contributed by atoms with Gasteiger partial charge in [-0.2, -0.15) is 0 Å². The van der Waals surface area contributed by atoms with Gasteiger partial charge in [-0.1, -0.05) is 0 Å². The monoisotopic (exact) mass is 265 g/mol. The number of carbonyl (C=O) groups is 2. The molecule has 0 spiro atoms. The highest BCUT2D eigenvalue weighted by atomic mass is 16.4. The van der Waals surface area contributed by atoms with Crippen molar-refractivity contribution < 1.29 is 24.2 Å². The summed E-state index contributed by atoms with van der Waals surface area (Å²) in [6, 6.07) is 4.13. The molecule has 0 radical (unpaired) electrons. The first kappa shape index (κ1) is 12.8. The number of fused-ring (bicyclic) bond motifs is 1. The number of benzene rings is 1. The molecular formula is C11H11N3O5+2. The lowest BCUT2D eigenvalue weighted by Gasteiger charge is -2.02. The molecule has 0 unspecified atom stereocenters. The molecule has 0 bridgehead atoms. The maximum absolute atomic E-state index is 11.7. The van der Waals surface area contributed by atoms with E-state index in [-0.39, 0.29) is 36.6 Å². The van der Waals surface area contributed by atoms with Crippen molar-refractivity contribution in [3.63, 3.8) is 0 Å². The number of hydrogen-bond acceptors (Lipinski definition) is 4. The zero-order valence-electron chi connectivity index (χ0n) is 9.83. The number of carboxylic acids is 1. The summed E-state index contributed by atoms with van der Waals surface area (Å²) in [4.78, 5) is 44.7. The number of aliphatic carboxylic acids is 1. The summed E-state index contributed by atoms with van der Waals surface area (Å²) in [7, 11) is 0. The van der Waals surface area contributed by atoms with Gasteiger partial charge in [-0.05, 0) is 6.07 Å². The molecule has 0 saturated heterocycles.